The smallest absolute Gasteiger partial charge is 0.326 e. The van der Waals surface area contributed by atoms with Gasteiger partial charge in [-0.15, -0.1) is 0 Å². The second-order valence-corrected chi connectivity index (χ2v) is 5.95. The molecule has 0 saturated carbocycles. The average molecular weight is 413 g/mol. The first-order chi connectivity index (χ1) is 10.5. The second-order valence-electron chi connectivity index (χ2n) is 4.71. The van der Waals surface area contributed by atoms with Crippen LogP contribution < -0.4 is 5.32 Å². The summed E-state index contributed by atoms with van der Waals surface area (Å²) in [7, 11) is 0. The highest BCUT2D eigenvalue weighted by Gasteiger charge is 2.21. The second kappa shape index (κ2) is 7.35. The molecule has 0 heterocycles. The number of halogens is 2. The van der Waals surface area contributed by atoms with Crippen molar-refractivity contribution in [2.75, 3.05) is 0 Å². The Kier molecular flexibility index (Phi) is 5.48. The predicted octanol–water partition coefficient (Wildman–Crippen LogP) is 2.86. The summed E-state index contributed by atoms with van der Waals surface area (Å²) in [5.74, 6) is -2.11. The van der Waals surface area contributed by atoms with E-state index in [1.807, 2.05) is 24.3 Å². The van der Waals surface area contributed by atoms with Crippen LogP contribution in [0.2, 0.25) is 0 Å². The zero-order valence-corrected chi connectivity index (χ0v) is 13.6. The van der Waals surface area contributed by atoms with Gasteiger partial charge in [-0.2, -0.15) is 0 Å². The molecule has 0 aliphatic heterocycles. The van der Waals surface area contributed by atoms with Gasteiger partial charge < -0.3 is 10.4 Å². The van der Waals surface area contributed by atoms with Crippen molar-refractivity contribution in [3.63, 3.8) is 0 Å². The monoisotopic (exact) mass is 413 g/mol. The molecule has 2 aromatic carbocycles. The van der Waals surface area contributed by atoms with Crippen LogP contribution in [0.1, 0.15) is 15.9 Å². The molecule has 2 N–H and O–H groups in total. The number of benzene rings is 2. The van der Waals surface area contributed by atoms with Crippen molar-refractivity contribution in [2.24, 2.45) is 0 Å². The van der Waals surface area contributed by atoms with Crippen molar-refractivity contribution >= 4 is 34.5 Å². The van der Waals surface area contributed by atoms with E-state index < -0.39 is 23.7 Å². The van der Waals surface area contributed by atoms with Crippen LogP contribution in [0.15, 0.2) is 48.5 Å². The van der Waals surface area contributed by atoms with Gasteiger partial charge in [0.05, 0.1) is 0 Å². The highest BCUT2D eigenvalue weighted by Crippen LogP contribution is 2.11. The Morgan fingerprint density at radius 2 is 1.86 bits per heavy atom. The molecule has 0 radical (unpaired) electrons. The highest BCUT2D eigenvalue weighted by molar-refractivity contribution is 14.1. The van der Waals surface area contributed by atoms with E-state index in [2.05, 4.69) is 27.9 Å². The fourth-order valence-corrected chi connectivity index (χ4v) is 2.55. The Hall–Kier alpha value is -1.96. The molecule has 6 heteroatoms. The number of rotatable bonds is 5. The lowest BCUT2D eigenvalue weighted by atomic mass is 10.1. The largest absolute Gasteiger partial charge is 0.480 e. The van der Waals surface area contributed by atoms with Crippen molar-refractivity contribution in [3.8, 4) is 0 Å². The molecule has 1 amide bonds. The van der Waals surface area contributed by atoms with Crippen LogP contribution in [0.5, 0.6) is 0 Å². The Labute approximate surface area is 140 Å². The first-order valence-corrected chi connectivity index (χ1v) is 7.57. The van der Waals surface area contributed by atoms with Crippen molar-refractivity contribution in [1.29, 1.82) is 0 Å². The van der Waals surface area contributed by atoms with Crippen molar-refractivity contribution in [3.05, 3.63) is 69.0 Å². The maximum atomic E-state index is 12.8. The van der Waals surface area contributed by atoms with Crippen LogP contribution >= 0.6 is 22.6 Å². The number of carboxylic acid groups (broad SMARTS) is 1. The molecule has 0 saturated heterocycles. The zero-order chi connectivity index (χ0) is 16.1. The van der Waals surface area contributed by atoms with E-state index in [4.69, 9.17) is 0 Å². The Morgan fingerprint density at radius 1 is 1.18 bits per heavy atom. The van der Waals surface area contributed by atoms with Gasteiger partial charge in [0, 0.05) is 15.6 Å². The summed E-state index contributed by atoms with van der Waals surface area (Å²) in [4.78, 5) is 23.4. The molecular formula is C16H13FINO3. The van der Waals surface area contributed by atoms with Gasteiger partial charge in [-0.05, 0) is 64.6 Å². The molecule has 114 valence electrons. The maximum Gasteiger partial charge on any atom is 0.326 e. The molecule has 0 unspecified atom stereocenters. The molecule has 0 fully saturated rings. The number of carboxylic acids is 1. The Balaban J connectivity index is 2.10. The van der Waals surface area contributed by atoms with Gasteiger partial charge >= 0.3 is 5.97 Å². The number of hydrogen-bond donors (Lipinski definition) is 2. The van der Waals surface area contributed by atoms with Crippen LogP contribution in [0.3, 0.4) is 0 Å². The summed E-state index contributed by atoms with van der Waals surface area (Å²) >= 11 is 2.14. The van der Waals surface area contributed by atoms with E-state index >= 15 is 0 Å². The number of nitrogens with one attached hydrogen (secondary N) is 1. The molecule has 0 aliphatic rings. The third-order valence-corrected chi connectivity index (χ3v) is 3.71. The lowest BCUT2D eigenvalue weighted by Crippen LogP contribution is -2.42. The van der Waals surface area contributed by atoms with Gasteiger partial charge in [-0.3, -0.25) is 4.79 Å². The minimum atomic E-state index is -1.12. The SMILES string of the molecule is O=C(N[C@H](Cc1cccc(I)c1)C(=O)O)c1ccc(F)cc1. The van der Waals surface area contributed by atoms with E-state index in [-0.39, 0.29) is 12.0 Å². The molecule has 0 spiro atoms. The minimum absolute atomic E-state index is 0.180. The Bertz CT molecular complexity index is 688. The van der Waals surface area contributed by atoms with Gasteiger partial charge in [0.25, 0.3) is 5.91 Å². The van der Waals surface area contributed by atoms with Crippen molar-refractivity contribution in [1.82, 2.24) is 5.32 Å². The van der Waals surface area contributed by atoms with Crippen molar-refractivity contribution in [2.45, 2.75) is 12.5 Å². The number of carbonyl (C=O) groups is 2. The molecule has 2 aromatic rings. The highest BCUT2D eigenvalue weighted by atomic mass is 127. The molecule has 1 atom stereocenters. The van der Waals surface area contributed by atoms with Crippen LogP contribution in [0, 0.1) is 9.39 Å². The van der Waals surface area contributed by atoms with Gasteiger partial charge in [0.1, 0.15) is 11.9 Å². The minimum Gasteiger partial charge on any atom is -0.480 e. The van der Waals surface area contributed by atoms with Crippen molar-refractivity contribution < 1.29 is 19.1 Å². The quantitative estimate of drug-likeness (QED) is 0.742. The molecule has 0 aliphatic carbocycles. The zero-order valence-electron chi connectivity index (χ0n) is 11.4. The summed E-state index contributed by atoms with van der Waals surface area (Å²) in [6, 6.07) is 11.3. The normalized spacial score (nSPS) is 11.7. The average Bonchev–Trinajstić information content (AvgIpc) is 2.47. The van der Waals surface area contributed by atoms with E-state index in [1.165, 1.54) is 12.1 Å². The summed E-state index contributed by atoms with van der Waals surface area (Å²) in [6.45, 7) is 0. The molecule has 2 rings (SSSR count). The summed E-state index contributed by atoms with van der Waals surface area (Å²) in [5.41, 5.74) is 1.04. The Morgan fingerprint density at radius 3 is 2.45 bits per heavy atom. The molecule has 0 aromatic heterocycles. The van der Waals surface area contributed by atoms with Gasteiger partial charge in [0.2, 0.25) is 0 Å². The number of amides is 1. The number of aliphatic carboxylic acids is 1. The number of hydrogen-bond acceptors (Lipinski definition) is 2. The standard InChI is InChI=1S/C16H13FINO3/c17-12-6-4-11(5-7-12)15(20)19-14(16(21)22)9-10-2-1-3-13(18)8-10/h1-8,14H,9H2,(H,19,20)(H,21,22)/t14-/m1/s1. The van der Waals surface area contributed by atoms with Crippen LogP contribution in [-0.2, 0) is 11.2 Å². The van der Waals surface area contributed by atoms with Crippen LogP contribution in [0.4, 0.5) is 4.39 Å². The van der Waals surface area contributed by atoms with Gasteiger partial charge in [-0.25, -0.2) is 9.18 Å². The first kappa shape index (κ1) is 16.4. The van der Waals surface area contributed by atoms with Crippen LogP contribution in [0.25, 0.3) is 0 Å². The molecule has 4 nitrogen and oxygen atoms in total. The first-order valence-electron chi connectivity index (χ1n) is 6.49. The number of carbonyl (C=O) groups excluding carboxylic acids is 1. The molecule has 22 heavy (non-hydrogen) atoms. The lowest BCUT2D eigenvalue weighted by Gasteiger charge is -2.15. The van der Waals surface area contributed by atoms with Gasteiger partial charge in [-0.1, -0.05) is 12.1 Å². The van der Waals surface area contributed by atoms with E-state index in [9.17, 15) is 19.1 Å². The summed E-state index contributed by atoms with van der Waals surface area (Å²) in [5, 5.41) is 11.7. The fraction of sp³-hybridized carbons (Fsp3) is 0.125. The third-order valence-electron chi connectivity index (χ3n) is 3.04. The predicted molar refractivity (Wildman–Crippen MR) is 88.2 cm³/mol. The topological polar surface area (TPSA) is 66.4 Å². The third kappa shape index (κ3) is 4.52. The summed E-state index contributed by atoms with van der Waals surface area (Å²) < 4.78 is 13.8. The van der Waals surface area contributed by atoms with E-state index in [1.54, 1.807) is 0 Å². The lowest BCUT2D eigenvalue weighted by molar-refractivity contribution is -0.139. The summed E-state index contributed by atoms with van der Waals surface area (Å²) in [6.07, 6.45) is 0.180. The van der Waals surface area contributed by atoms with E-state index in [0.29, 0.717) is 0 Å². The van der Waals surface area contributed by atoms with Gasteiger partial charge in [0.15, 0.2) is 0 Å². The maximum absolute atomic E-state index is 12.8. The van der Waals surface area contributed by atoms with Crippen LogP contribution in [-0.4, -0.2) is 23.0 Å². The fourth-order valence-electron chi connectivity index (χ4n) is 1.94. The van der Waals surface area contributed by atoms with E-state index in [0.717, 1.165) is 21.3 Å². The molecular weight excluding hydrogens is 400 g/mol. The molecule has 0 bridgehead atoms.